The summed E-state index contributed by atoms with van der Waals surface area (Å²) in [6.45, 7) is 3.22. The Kier molecular flexibility index (Phi) is 5.59. The molecule has 0 saturated heterocycles. The molecule has 1 heterocycles. The maximum absolute atomic E-state index is 12.8. The van der Waals surface area contributed by atoms with Gasteiger partial charge in [0.1, 0.15) is 0 Å². The largest absolute Gasteiger partial charge is 0.352 e. The van der Waals surface area contributed by atoms with E-state index >= 15 is 0 Å². The van der Waals surface area contributed by atoms with Crippen molar-refractivity contribution in [1.29, 1.82) is 0 Å². The zero-order valence-electron chi connectivity index (χ0n) is 14.7. The lowest BCUT2D eigenvalue weighted by atomic mass is 9.97. The lowest BCUT2D eigenvalue weighted by Gasteiger charge is -2.10. The first-order valence-corrected chi connectivity index (χ1v) is 8.61. The van der Waals surface area contributed by atoms with E-state index in [4.69, 9.17) is 0 Å². The summed E-state index contributed by atoms with van der Waals surface area (Å²) in [6.07, 6.45) is 4.38. The van der Waals surface area contributed by atoms with Gasteiger partial charge in [-0.15, -0.1) is 0 Å². The smallest absolute Gasteiger partial charge is 0.252 e. The highest BCUT2D eigenvalue weighted by molar-refractivity contribution is 6.15. The number of aryl methyl sites for hydroxylation is 2. The first-order chi connectivity index (χ1) is 12.6. The minimum Gasteiger partial charge on any atom is -0.352 e. The summed E-state index contributed by atoms with van der Waals surface area (Å²) in [7, 11) is 0. The van der Waals surface area contributed by atoms with Gasteiger partial charge in [0.15, 0.2) is 5.78 Å². The average molecular weight is 347 g/mol. The number of amides is 1. The number of nitrogens with zero attached hydrogens (tertiary/aromatic N) is 2. The van der Waals surface area contributed by atoms with E-state index in [1.165, 1.54) is 0 Å². The second-order valence-corrected chi connectivity index (χ2v) is 6.12. The Morgan fingerprint density at radius 1 is 1.00 bits per heavy atom. The Balaban J connectivity index is 1.66. The van der Waals surface area contributed by atoms with Crippen LogP contribution in [0.25, 0.3) is 0 Å². The van der Waals surface area contributed by atoms with Crippen LogP contribution in [0.2, 0.25) is 0 Å². The predicted molar refractivity (Wildman–Crippen MR) is 100 cm³/mol. The first-order valence-electron chi connectivity index (χ1n) is 8.61. The van der Waals surface area contributed by atoms with Crippen molar-refractivity contribution in [3.63, 3.8) is 0 Å². The predicted octanol–water partition coefficient (Wildman–Crippen LogP) is 3.24. The summed E-state index contributed by atoms with van der Waals surface area (Å²) in [5, 5.41) is 7.01. The molecule has 3 aromatic rings. The van der Waals surface area contributed by atoms with Gasteiger partial charge in [0.2, 0.25) is 0 Å². The van der Waals surface area contributed by atoms with E-state index < -0.39 is 0 Å². The number of benzene rings is 2. The Bertz CT molecular complexity index is 884. The molecular formula is C21H21N3O2. The fourth-order valence-corrected chi connectivity index (χ4v) is 2.71. The summed E-state index contributed by atoms with van der Waals surface area (Å²) in [5.41, 5.74) is 2.48. The number of ketones is 1. The van der Waals surface area contributed by atoms with Crippen molar-refractivity contribution in [3.05, 3.63) is 89.2 Å². The summed E-state index contributed by atoms with van der Waals surface area (Å²) in [6, 6.07) is 16.2. The molecule has 5 nitrogen and oxygen atoms in total. The minimum absolute atomic E-state index is 0.146. The molecule has 132 valence electrons. The number of hydrogen-bond acceptors (Lipinski definition) is 3. The van der Waals surface area contributed by atoms with E-state index in [9.17, 15) is 9.59 Å². The van der Waals surface area contributed by atoms with Crippen LogP contribution in [0.3, 0.4) is 0 Å². The number of carbonyl (C=O) groups excluding carboxylic acids is 2. The van der Waals surface area contributed by atoms with E-state index in [1.807, 2.05) is 36.0 Å². The molecule has 0 unspecified atom stereocenters. The van der Waals surface area contributed by atoms with E-state index in [0.29, 0.717) is 23.2 Å². The van der Waals surface area contributed by atoms with Crippen LogP contribution in [0.5, 0.6) is 0 Å². The van der Waals surface area contributed by atoms with Crippen LogP contribution in [-0.2, 0) is 6.54 Å². The van der Waals surface area contributed by atoms with Gasteiger partial charge in [-0.3, -0.25) is 14.3 Å². The van der Waals surface area contributed by atoms with Gasteiger partial charge in [-0.05, 0) is 25.5 Å². The molecule has 2 aromatic carbocycles. The van der Waals surface area contributed by atoms with Crippen molar-refractivity contribution in [2.75, 3.05) is 6.54 Å². The number of hydrogen-bond donors (Lipinski definition) is 1. The third-order valence-corrected chi connectivity index (χ3v) is 4.14. The lowest BCUT2D eigenvalue weighted by Crippen LogP contribution is -2.27. The van der Waals surface area contributed by atoms with Crippen LogP contribution < -0.4 is 5.32 Å². The second-order valence-electron chi connectivity index (χ2n) is 6.12. The summed E-state index contributed by atoms with van der Waals surface area (Å²) in [4.78, 5) is 25.3. The van der Waals surface area contributed by atoms with Crippen LogP contribution in [0, 0.1) is 6.92 Å². The third kappa shape index (κ3) is 4.25. The van der Waals surface area contributed by atoms with Gasteiger partial charge in [0.25, 0.3) is 5.91 Å². The molecule has 26 heavy (non-hydrogen) atoms. The van der Waals surface area contributed by atoms with E-state index in [-0.39, 0.29) is 11.7 Å². The Morgan fingerprint density at radius 2 is 1.73 bits per heavy atom. The van der Waals surface area contributed by atoms with Gasteiger partial charge >= 0.3 is 0 Å². The van der Waals surface area contributed by atoms with E-state index in [1.54, 1.807) is 42.6 Å². The second kappa shape index (κ2) is 8.25. The van der Waals surface area contributed by atoms with Gasteiger partial charge in [-0.1, -0.05) is 48.0 Å². The molecule has 1 aromatic heterocycles. The normalized spacial score (nSPS) is 10.5. The Labute approximate surface area is 152 Å². The van der Waals surface area contributed by atoms with Crippen LogP contribution in [-0.4, -0.2) is 28.0 Å². The third-order valence-electron chi connectivity index (χ3n) is 4.14. The quantitative estimate of drug-likeness (QED) is 0.527. The van der Waals surface area contributed by atoms with Crippen molar-refractivity contribution in [1.82, 2.24) is 15.1 Å². The summed E-state index contributed by atoms with van der Waals surface area (Å²) in [5.74, 6) is -0.381. The van der Waals surface area contributed by atoms with Gasteiger partial charge in [0, 0.05) is 36.6 Å². The molecule has 0 fully saturated rings. The molecule has 0 aliphatic carbocycles. The fourth-order valence-electron chi connectivity index (χ4n) is 2.71. The van der Waals surface area contributed by atoms with Crippen LogP contribution in [0.4, 0.5) is 0 Å². The van der Waals surface area contributed by atoms with E-state index in [0.717, 1.165) is 18.5 Å². The highest BCUT2D eigenvalue weighted by Crippen LogP contribution is 2.15. The van der Waals surface area contributed by atoms with Crippen molar-refractivity contribution in [2.45, 2.75) is 19.9 Å². The van der Waals surface area contributed by atoms with Crippen LogP contribution >= 0.6 is 0 Å². The molecule has 0 radical (unpaired) electrons. The number of carbonyl (C=O) groups is 2. The standard InChI is InChI=1S/C21H21N3O2/c1-16-8-10-17(11-9-16)20(25)18-6-2-3-7-19(18)21(26)22-12-4-14-24-15-5-13-23-24/h2-3,5-11,13,15H,4,12,14H2,1H3,(H,22,26). The summed E-state index contributed by atoms with van der Waals surface area (Å²) < 4.78 is 1.82. The van der Waals surface area contributed by atoms with Crippen molar-refractivity contribution >= 4 is 11.7 Å². The van der Waals surface area contributed by atoms with Crippen molar-refractivity contribution < 1.29 is 9.59 Å². The Hall–Kier alpha value is -3.21. The monoisotopic (exact) mass is 347 g/mol. The molecule has 0 saturated carbocycles. The molecule has 0 bridgehead atoms. The van der Waals surface area contributed by atoms with Gasteiger partial charge in [-0.25, -0.2) is 0 Å². The molecule has 1 N–H and O–H groups in total. The molecule has 1 amide bonds. The van der Waals surface area contributed by atoms with Gasteiger partial charge in [-0.2, -0.15) is 5.10 Å². The highest BCUT2D eigenvalue weighted by Gasteiger charge is 2.17. The molecule has 0 spiro atoms. The molecule has 0 aliphatic heterocycles. The molecule has 5 heteroatoms. The number of rotatable bonds is 7. The van der Waals surface area contributed by atoms with Crippen molar-refractivity contribution in [2.24, 2.45) is 0 Å². The average Bonchev–Trinajstić information content (AvgIpc) is 3.18. The molecular weight excluding hydrogens is 326 g/mol. The zero-order chi connectivity index (χ0) is 18.4. The molecule has 3 rings (SSSR count). The van der Waals surface area contributed by atoms with Crippen LogP contribution in [0.15, 0.2) is 67.0 Å². The maximum atomic E-state index is 12.8. The zero-order valence-corrected chi connectivity index (χ0v) is 14.7. The highest BCUT2D eigenvalue weighted by atomic mass is 16.2. The summed E-state index contributed by atoms with van der Waals surface area (Å²) >= 11 is 0. The Morgan fingerprint density at radius 3 is 2.42 bits per heavy atom. The van der Waals surface area contributed by atoms with Crippen molar-refractivity contribution in [3.8, 4) is 0 Å². The van der Waals surface area contributed by atoms with Crippen LogP contribution in [0.1, 0.15) is 38.3 Å². The first kappa shape index (κ1) is 17.6. The fraction of sp³-hybridized carbons (Fsp3) is 0.190. The number of nitrogens with one attached hydrogen (secondary N) is 1. The topological polar surface area (TPSA) is 64.0 Å². The van der Waals surface area contributed by atoms with E-state index in [2.05, 4.69) is 10.4 Å². The maximum Gasteiger partial charge on any atom is 0.252 e. The molecule has 0 aliphatic rings. The minimum atomic E-state index is -0.235. The SMILES string of the molecule is Cc1ccc(C(=O)c2ccccc2C(=O)NCCCn2cccn2)cc1. The van der Waals surface area contributed by atoms with Gasteiger partial charge in [0.05, 0.1) is 5.56 Å². The number of aromatic nitrogens is 2. The molecule has 0 atom stereocenters. The van der Waals surface area contributed by atoms with Gasteiger partial charge < -0.3 is 5.32 Å². The lowest BCUT2D eigenvalue weighted by molar-refractivity contribution is 0.0941.